The molecule has 0 bridgehead atoms. The maximum absolute atomic E-state index is 11.0. The summed E-state index contributed by atoms with van der Waals surface area (Å²) in [7, 11) is 0. The molecule has 0 spiro atoms. The van der Waals surface area contributed by atoms with Crippen molar-refractivity contribution in [3.8, 4) is 0 Å². The zero-order chi connectivity index (χ0) is 12.3. The van der Waals surface area contributed by atoms with Crippen molar-refractivity contribution in [1.29, 1.82) is 0 Å². The van der Waals surface area contributed by atoms with Crippen LogP contribution in [0.15, 0.2) is 0 Å². The Morgan fingerprint density at radius 3 is 2.88 bits per heavy atom. The van der Waals surface area contributed by atoms with Crippen LogP contribution in [0.25, 0.3) is 0 Å². The van der Waals surface area contributed by atoms with Crippen molar-refractivity contribution in [3.05, 3.63) is 0 Å². The monoisotopic (exact) mass is 244 g/mol. The molecule has 0 amide bonds. The van der Waals surface area contributed by atoms with Crippen LogP contribution in [0.1, 0.15) is 51.9 Å². The van der Waals surface area contributed by atoms with Crippen molar-refractivity contribution in [2.24, 2.45) is 0 Å². The summed E-state index contributed by atoms with van der Waals surface area (Å²) in [4.78, 5) is 11.0. The second-order valence-electron chi connectivity index (χ2n) is 4.28. The van der Waals surface area contributed by atoms with Crippen LogP contribution >= 0.6 is 0 Å². The molecule has 0 aliphatic carbocycles. The highest BCUT2D eigenvalue weighted by molar-refractivity contribution is 5.69. The topological polar surface area (TPSA) is 44.8 Å². The maximum Gasteiger partial charge on any atom is 0.305 e. The molecule has 1 atom stereocenters. The van der Waals surface area contributed by atoms with Crippen molar-refractivity contribution in [2.75, 3.05) is 19.8 Å². The normalized spacial score (nSPS) is 20.2. The Kier molecular flexibility index (Phi) is 8.01. The molecule has 1 unspecified atom stereocenters. The summed E-state index contributed by atoms with van der Waals surface area (Å²) < 4.78 is 15.9. The Morgan fingerprint density at radius 1 is 1.29 bits per heavy atom. The van der Waals surface area contributed by atoms with Crippen LogP contribution < -0.4 is 0 Å². The first-order valence-electron chi connectivity index (χ1n) is 6.71. The van der Waals surface area contributed by atoms with Gasteiger partial charge in [0.15, 0.2) is 6.29 Å². The van der Waals surface area contributed by atoms with Gasteiger partial charge >= 0.3 is 5.97 Å². The minimum absolute atomic E-state index is 0.00815. The lowest BCUT2D eigenvalue weighted by atomic mass is 10.2. The molecular weight excluding hydrogens is 220 g/mol. The van der Waals surface area contributed by atoms with Crippen LogP contribution in [0.3, 0.4) is 0 Å². The van der Waals surface area contributed by atoms with Crippen LogP contribution in [-0.4, -0.2) is 32.1 Å². The highest BCUT2D eigenvalue weighted by atomic mass is 16.7. The number of hydrogen-bond donors (Lipinski definition) is 0. The predicted octanol–water partition coefficient (Wildman–Crippen LogP) is 2.65. The third-order valence-electron chi connectivity index (χ3n) is 2.77. The molecule has 1 saturated heterocycles. The predicted molar refractivity (Wildman–Crippen MR) is 64.6 cm³/mol. The minimum atomic E-state index is -0.0935. The summed E-state index contributed by atoms with van der Waals surface area (Å²) in [5.74, 6) is -0.0935. The molecule has 0 aromatic carbocycles. The highest BCUT2D eigenvalue weighted by Crippen LogP contribution is 2.14. The number of carbonyl (C=O) groups excluding carboxylic acids is 1. The van der Waals surface area contributed by atoms with Gasteiger partial charge in [-0.05, 0) is 39.0 Å². The molecule has 0 aromatic rings. The van der Waals surface area contributed by atoms with Gasteiger partial charge in [-0.15, -0.1) is 0 Å². The first-order chi connectivity index (χ1) is 8.33. The van der Waals surface area contributed by atoms with Crippen LogP contribution in [0.5, 0.6) is 0 Å². The largest absolute Gasteiger partial charge is 0.466 e. The van der Waals surface area contributed by atoms with Gasteiger partial charge in [0.1, 0.15) is 0 Å². The van der Waals surface area contributed by atoms with Gasteiger partial charge in [0.05, 0.1) is 6.61 Å². The smallest absolute Gasteiger partial charge is 0.305 e. The number of hydrogen-bond acceptors (Lipinski definition) is 4. The Balaban J connectivity index is 1.85. The summed E-state index contributed by atoms with van der Waals surface area (Å²) in [5.41, 5.74) is 0. The van der Waals surface area contributed by atoms with Crippen molar-refractivity contribution in [3.63, 3.8) is 0 Å². The van der Waals surface area contributed by atoms with E-state index in [0.29, 0.717) is 13.0 Å². The third-order valence-corrected chi connectivity index (χ3v) is 2.77. The Bertz CT molecular complexity index is 200. The van der Waals surface area contributed by atoms with Crippen molar-refractivity contribution in [2.45, 2.75) is 58.2 Å². The van der Waals surface area contributed by atoms with Gasteiger partial charge in [0.25, 0.3) is 0 Å². The fourth-order valence-electron chi connectivity index (χ4n) is 1.84. The van der Waals surface area contributed by atoms with E-state index in [-0.39, 0.29) is 12.3 Å². The second kappa shape index (κ2) is 9.42. The number of ether oxygens (including phenoxy) is 3. The fourth-order valence-corrected chi connectivity index (χ4v) is 1.84. The molecule has 0 aromatic heterocycles. The summed E-state index contributed by atoms with van der Waals surface area (Å²) in [6, 6.07) is 0. The van der Waals surface area contributed by atoms with Crippen molar-refractivity contribution in [1.82, 2.24) is 0 Å². The van der Waals surface area contributed by atoms with Crippen LogP contribution in [0.4, 0.5) is 0 Å². The summed E-state index contributed by atoms with van der Waals surface area (Å²) in [6.07, 6.45) is 6.77. The molecule has 0 saturated carbocycles. The SMILES string of the molecule is CCOC(=O)CCCCCOC1CCCCO1. The molecule has 1 rings (SSSR count). The summed E-state index contributed by atoms with van der Waals surface area (Å²) >= 11 is 0. The highest BCUT2D eigenvalue weighted by Gasteiger charge is 2.13. The van der Waals surface area contributed by atoms with E-state index in [4.69, 9.17) is 14.2 Å². The Labute approximate surface area is 104 Å². The van der Waals surface area contributed by atoms with Crippen molar-refractivity contribution >= 4 is 5.97 Å². The molecular formula is C13H24O4. The molecule has 1 fully saturated rings. The lowest BCUT2D eigenvalue weighted by molar-refractivity contribution is -0.163. The lowest BCUT2D eigenvalue weighted by Gasteiger charge is -2.22. The van der Waals surface area contributed by atoms with Gasteiger partial charge in [-0.2, -0.15) is 0 Å². The quantitative estimate of drug-likeness (QED) is 0.486. The van der Waals surface area contributed by atoms with E-state index >= 15 is 0 Å². The lowest BCUT2D eigenvalue weighted by Crippen LogP contribution is -2.22. The maximum atomic E-state index is 11.0. The van der Waals surface area contributed by atoms with Gasteiger partial charge in [-0.3, -0.25) is 4.79 Å². The van der Waals surface area contributed by atoms with Gasteiger partial charge in [0.2, 0.25) is 0 Å². The zero-order valence-electron chi connectivity index (χ0n) is 10.8. The number of carbonyl (C=O) groups is 1. The van der Waals surface area contributed by atoms with Gasteiger partial charge in [-0.1, -0.05) is 6.42 Å². The number of unbranched alkanes of at least 4 members (excludes halogenated alkanes) is 2. The summed E-state index contributed by atoms with van der Waals surface area (Å²) in [6.45, 7) is 3.86. The zero-order valence-corrected chi connectivity index (χ0v) is 10.8. The molecule has 100 valence electrons. The number of esters is 1. The average molecular weight is 244 g/mol. The van der Waals surface area contributed by atoms with Crippen LogP contribution in [-0.2, 0) is 19.0 Å². The van der Waals surface area contributed by atoms with Crippen LogP contribution in [0, 0.1) is 0 Å². The van der Waals surface area contributed by atoms with E-state index in [9.17, 15) is 4.79 Å². The van der Waals surface area contributed by atoms with Gasteiger partial charge in [0, 0.05) is 19.6 Å². The molecule has 0 radical (unpaired) electrons. The Morgan fingerprint density at radius 2 is 2.18 bits per heavy atom. The summed E-state index contributed by atoms with van der Waals surface area (Å²) in [5, 5.41) is 0. The standard InChI is InChI=1S/C13H24O4/c1-2-15-12(14)8-4-3-6-10-16-13-9-5-7-11-17-13/h13H,2-11H2,1H3. The third kappa shape index (κ3) is 7.34. The average Bonchev–Trinajstić information content (AvgIpc) is 2.35. The van der Waals surface area contributed by atoms with Gasteiger partial charge in [-0.25, -0.2) is 0 Å². The molecule has 4 nitrogen and oxygen atoms in total. The molecule has 1 heterocycles. The Hall–Kier alpha value is -0.610. The molecule has 1 aliphatic heterocycles. The van der Waals surface area contributed by atoms with E-state index in [0.717, 1.165) is 45.3 Å². The van der Waals surface area contributed by atoms with E-state index in [1.54, 1.807) is 0 Å². The first-order valence-corrected chi connectivity index (χ1v) is 6.71. The fraction of sp³-hybridized carbons (Fsp3) is 0.923. The van der Waals surface area contributed by atoms with Crippen LogP contribution in [0.2, 0.25) is 0 Å². The van der Waals surface area contributed by atoms with E-state index < -0.39 is 0 Å². The second-order valence-corrected chi connectivity index (χ2v) is 4.28. The van der Waals surface area contributed by atoms with E-state index in [1.807, 2.05) is 6.92 Å². The minimum Gasteiger partial charge on any atom is -0.466 e. The molecule has 17 heavy (non-hydrogen) atoms. The molecule has 0 N–H and O–H groups in total. The molecule has 1 aliphatic rings. The van der Waals surface area contributed by atoms with E-state index in [2.05, 4.69) is 0 Å². The number of rotatable bonds is 8. The van der Waals surface area contributed by atoms with Gasteiger partial charge < -0.3 is 14.2 Å². The first kappa shape index (κ1) is 14.5. The van der Waals surface area contributed by atoms with E-state index in [1.165, 1.54) is 6.42 Å². The van der Waals surface area contributed by atoms with Crippen molar-refractivity contribution < 1.29 is 19.0 Å². The molecule has 4 heteroatoms.